The molecule has 0 spiro atoms. The number of aliphatic hydroxyl groups excluding tert-OH is 1. The van der Waals surface area contributed by atoms with Gasteiger partial charge in [0.05, 0.1) is 19.5 Å². The summed E-state index contributed by atoms with van der Waals surface area (Å²) in [6, 6.07) is -0.359. The second kappa shape index (κ2) is 20.1. The molecule has 2 aliphatic heterocycles. The summed E-state index contributed by atoms with van der Waals surface area (Å²) >= 11 is 0. The van der Waals surface area contributed by atoms with Crippen LogP contribution < -0.4 is 27.8 Å². The molecule has 32 heteroatoms. The molecule has 2 amide bonds. The van der Waals surface area contributed by atoms with Gasteiger partial charge in [0.15, 0.2) is 23.8 Å². The molecule has 0 aliphatic carbocycles. The number of esters is 1. The van der Waals surface area contributed by atoms with Crippen LogP contribution in [0.2, 0.25) is 0 Å². The Labute approximate surface area is 358 Å². The number of nitrogens with one attached hydrogen (secondary N) is 2. The van der Waals surface area contributed by atoms with Gasteiger partial charge in [-0.2, -0.15) is 18.2 Å². The molecule has 356 valence electrons. The highest BCUT2D eigenvalue weighted by Gasteiger charge is 2.50. The van der Waals surface area contributed by atoms with E-state index in [-0.39, 0.29) is 42.1 Å². The average Bonchev–Trinajstić information content (AvgIpc) is 3.86. The minimum atomic E-state index is -5.32. The van der Waals surface area contributed by atoms with Gasteiger partial charge in [0.1, 0.15) is 59.9 Å². The highest BCUT2D eigenvalue weighted by molar-refractivity contribution is 7.47. The van der Waals surface area contributed by atoms with E-state index in [9.17, 15) is 61.3 Å². The first kappa shape index (κ1) is 50.1. The zero-order valence-electron chi connectivity index (χ0n) is 33.8. The number of ether oxygens (including phenoxy) is 4. The summed E-state index contributed by atoms with van der Waals surface area (Å²) in [4.78, 5) is 95.4. The molecule has 64 heavy (non-hydrogen) atoms. The van der Waals surface area contributed by atoms with E-state index in [1.807, 2.05) is 0 Å². The maximum absolute atomic E-state index is 13.8. The van der Waals surface area contributed by atoms with Crippen LogP contribution in [0, 0.1) is 0 Å². The fourth-order valence-corrected chi connectivity index (χ4v) is 7.59. The first-order chi connectivity index (χ1) is 29.7. The van der Waals surface area contributed by atoms with Crippen LogP contribution in [0.4, 0.5) is 29.6 Å². The molecular formula is C32H45F3N10O17P2. The third-order valence-corrected chi connectivity index (χ3v) is 10.6. The number of hydrogen-bond donors (Lipinski definition) is 8. The first-order valence-electron chi connectivity index (χ1n) is 18.9. The number of fused-ring (bicyclic) bond motifs is 1. The Morgan fingerprint density at radius 2 is 1.72 bits per heavy atom. The summed E-state index contributed by atoms with van der Waals surface area (Å²) in [5.74, 6) is -3.64. The van der Waals surface area contributed by atoms with Crippen LogP contribution in [0.25, 0.3) is 11.2 Å². The number of unbranched alkanes of at least 4 members (excludes halogenated alkanes) is 1. The standard InChI is InChI=1S/C32H45F3N10O17P2/c1-31(2,3)61-30(50)42-15(6-4-5-8-38-28(48)32(33,34)35)27(47)60-23-18(59-26(22(23)46)45-14-41-21-24(37)39-13-40-25(21)45)12-57-64(54,55)62-16-10-20(44-9-7-19(36)43-29(44)49)58-17(16)11-56-63(51,52)53/h7,9,13-18,20,22-23,26,46H,4-6,8,10-12H2,1-3H3,(H,38,48)(H,42,50)(H,54,55)(H2,36,43,49)(H2,37,39,40)(H2,51,52,53)/t15-,16-,17+,18+,20+,22+,23+,26+/m0/s1. The monoisotopic (exact) mass is 960 g/mol. The number of anilines is 2. The lowest BCUT2D eigenvalue weighted by atomic mass is 10.1. The summed E-state index contributed by atoms with van der Waals surface area (Å²) in [6.45, 7) is 2.20. The van der Waals surface area contributed by atoms with E-state index >= 15 is 0 Å². The Morgan fingerprint density at radius 3 is 2.38 bits per heavy atom. The second-order valence-electron chi connectivity index (χ2n) is 15.1. The SMILES string of the molecule is CC(C)(C)OC(=O)N[C@@H](CCCCNC(=O)C(F)(F)F)C(=O)O[C@H]1[C@@H](O)[C@H](n2cnc3c(N)ncnc32)O[C@@H]1COP(=O)(O)O[C@H]1C[C@H](n2ccc(N)nc2=O)O[C@@H]1COP(=O)(O)O. The van der Waals surface area contributed by atoms with Gasteiger partial charge in [0.2, 0.25) is 0 Å². The molecule has 10 N–H and O–H groups in total. The second-order valence-corrected chi connectivity index (χ2v) is 17.7. The molecule has 5 heterocycles. The van der Waals surface area contributed by atoms with E-state index < -0.39 is 126 Å². The number of nitrogen functional groups attached to an aromatic ring is 2. The number of hydrogen-bond acceptors (Lipinski definition) is 20. The lowest BCUT2D eigenvalue weighted by Crippen LogP contribution is -2.47. The molecule has 9 atom stereocenters. The molecule has 0 bridgehead atoms. The van der Waals surface area contributed by atoms with Crippen molar-refractivity contribution in [3.05, 3.63) is 35.4 Å². The highest BCUT2D eigenvalue weighted by Crippen LogP contribution is 2.50. The number of aliphatic hydroxyl groups is 1. The number of amides is 2. The minimum Gasteiger partial charge on any atom is -0.455 e. The number of imidazole rings is 1. The van der Waals surface area contributed by atoms with Crippen molar-refractivity contribution in [1.29, 1.82) is 0 Å². The molecule has 5 rings (SSSR count). The Morgan fingerprint density at radius 1 is 1.02 bits per heavy atom. The molecule has 2 fully saturated rings. The van der Waals surface area contributed by atoms with E-state index in [1.54, 1.807) is 5.32 Å². The summed E-state index contributed by atoms with van der Waals surface area (Å²) in [5, 5.41) is 15.6. The predicted molar refractivity (Wildman–Crippen MR) is 206 cm³/mol. The molecule has 27 nitrogen and oxygen atoms in total. The average molecular weight is 961 g/mol. The quantitative estimate of drug-likeness (QED) is 0.0474. The summed E-state index contributed by atoms with van der Waals surface area (Å²) in [6.07, 6.45) is -14.9. The zero-order valence-corrected chi connectivity index (χ0v) is 35.6. The Hall–Kier alpha value is -4.87. The Balaban J connectivity index is 1.36. The number of alkyl halides is 3. The number of phosphoric acid groups is 2. The van der Waals surface area contributed by atoms with E-state index in [0.29, 0.717) is 0 Å². The van der Waals surface area contributed by atoms with Gasteiger partial charge in [-0.3, -0.25) is 27.5 Å². The van der Waals surface area contributed by atoms with Gasteiger partial charge in [0.25, 0.3) is 0 Å². The zero-order chi connectivity index (χ0) is 47.4. The van der Waals surface area contributed by atoms with Crippen molar-refractivity contribution >= 4 is 56.4 Å². The molecule has 2 aliphatic rings. The third kappa shape index (κ3) is 13.6. The molecule has 0 aromatic carbocycles. The first-order valence-corrected chi connectivity index (χ1v) is 21.9. The van der Waals surface area contributed by atoms with Crippen molar-refractivity contribution < 1.29 is 89.0 Å². The number of aromatic nitrogens is 6. The molecule has 2 saturated heterocycles. The van der Waals surface area contributed by atoms with Crippen molar-refractivity contribution in [2.75, 3.05) is 31.2 Å². The van der Waals surface area contributed by atoms with Gasteiger partial charge in [-0.25, -0.2) is 38.5 Å². The summed E-state index contributed by atoms with van der Waals surface area (Å²) in [5.41, 5.74) is 9.58. The maximum Gasteiger partial charge on any atom is 0.472 e. The fourth-order valence-electron chi connectivity index (χ4n) is 6.29. The highest BCUT2D eigenvalue weighted by atomic mass is 31.2. The van der Waals surface area contributed by atoms with Gasteiger partial charge in [-0.05, 0) is 46.1 Å². The topological polar surface area (TPSA) is 385 Å². The Kier molecular flexibility index (Phi) is 15.8. The van der Waals surface area contributed by atoms with E-state index in [0.717, 1.165) is 17.2 Å². The summed E-state index contributed by atoms with van der Waals surface area (Å²) in [7, 11) is -10.4. The van der Waals surface area contributed by atoms with Crippen molar-refractivity contribution in [2.24, 2.45) is 0 Å². The van der Waals surface area contributed by atoms with Crippen LogP contribution >= 0.6 is 15.6 Å². The van der Waals surface area contributed by atoms with Gasteiger partial charge in [0, 0.05) is 19.2 Å². The smallest absolute Gasteiger partial charge is 0.455 e. The van der Waals surface area contributed by atoms with Crippen molar-refractivity contribution in [1.82, 2.24) is 39.7 Å². The third-order valence-electron chi connectivity index (χ3n) is 9.08. The van der Waals surface area contributed by atoms with Gasteiger partial charge >= 0.3 is 45.5 Å². The lowest BCUT2D eigenvalue weighted by Gasteiger charge is -2.26. The van der Waals surface area contributed by atoms with Crippen LogP contribution in [-0.2, 0) is 51.2 Å². The number of nitrogens with two attached hydrogens (primary N) is 2. The lowest BCUT2D eigenvalue weighted by molar-refractivity contribution is -0.173. The van der Waals surface area contributed by atoms with Crippen LogP contribution in [-0.4, -0.2) is 135 Å². The van der Waals surface area contributed by atoms with E-state index in [2.05, 4.69) is 29.8 Å². The van der Waals surface area contributed by atoms with Gasteiger partial charge < -0.3 is 60.8 Å². The van der Waals surface area contributed by atoms with Crippen LogP contribution in [0.15, 0.2) is 29.7 Å². The normalized spacial score (nSPS) is 24.2. The van der Waals surface area contributed by atoms with Crippen molar-refractivity contribution in [3.8, 4) is 0 Å². The van der Waals surface area contributed by atoms with Crippen molar-refractivity contribution in [2.45, 2.75) is 107 Å². The molecular weight excluding hydrogens is 915 g/mol. The van der Waals surface area contributed by atoms with E-state index in [1.165, 1.54) is 37.6 Å². The summed E-state index contributed by atoms with van der Waals surface area (Å²) < 4.78 is 103. The number of halogens is 3. The van der Waals surface area contributed by atoms with Crippen molar-refractivity contribution in [3.63, 3.8) is 0 Å². The fraction of sp³-hybridized carbons (Fsp3) is 0.625. The number of alkyl carbamates (subject to hydrolysis) is 1. The molecule has 0 saturated carbocycles. The van der Waals surface area contributed by atoms with Gasteiger partial charge in [-0.1, -0.05) is 0 Å². The van der Waals surface area contributed by atoms with Crippen LogP contribution in [0.3, 0.4) is 0 Å². The van der Waals surface area contributed by atoms with Gasteiger partial charge in [-0.15, -0.1) is 0 Å². The Bertz CT molecular complexity index is 2310. The molecule has 3 aromatic rings. The largest absolute Gasteiger partial charge is 0.472 e. The number of rotatable bonds is 18. The maximum atomic E-state index is 13.8. The number of carbonyl (C=O) groups is 3. The molecule has 3 aromatic heterocycles. The van der Waals surface area contributed by atoms with Crippen LogP contribution in [0.5, 0.6) is 0 Å². The number of nitrogens with zero attached hydrogens (tertiary/aromatic N) is 6. The molecule has 1 unspecified atom stereocenters. The number of phosphoric ester groups is 2. The van der Waals surface area contributed by atoms with Crippen LogP contribution in [0.1, 0.15) is 58.9 Å². The predicted octanol–water partition coefficient (Wildman–Crippen LogP) is 0.0588. The minimum absolute atomic E-state index is 0.0243. The van der Waals surface area contributed by atoms with E-state index in [4.69, 9.17) is 39.5 Å². The number of carbonyl (C=O) groups excluding carboxylic acids is 3. The molecule has 0 radical (unpaired) electrons.